The maximum atomic E-state index is 6.13. The third-order valence-corrected chi connectivity index (χ3v) is 3.63. The molecule has 0 amide bonds. The van der Waals surface area contributed by atoms with Gasteiger partial charge in [-0.15, -0.1) is 0 Å². The van der Waals surface area contributed by atoms with Gasteiger partial charge in [0.25, 0.3) is 0 Å². The van der Waals surface area contributed by atoms with E-state index in [1.165, 1.54) is 0 Å². The second-order valence-corrected chi connectivity index (χ2v) is 5.94. The summed E-state index contributed by atoms with van der Waals surface area (Å²) in [5.41, 5.74) is 1.82. The SMILES string of the molecule is CC(C)c1noc(NC(c2cccc(Cl)c2)c2ccccn2)n1. The van der Waals surface area contributed by atoms with Crippen LogP contribution >= 0.6 is 11.6 Å². The van der Waals surface area contributed by atoms with Crippen molar-refractivity contribution >= 4 is 17.6 Å². The topological polar surface area (TPSA) is 63.8 Å². The minimum Gasteiger partial charge on any atom is -0.325 e. The molecule has 0 spiro atoms. The van der Waals surface area contributed by atoms with Crippen LogP contribution in [0.2, 0.25) is 5.02 Å². The Kier molecular flexibility index (Phi) is 4.57. The van der Waals surface area contributed by atoms with E-state index in [0.29, 0.717) is 16.9 Å². The molecule has 6 heteroatoms. The molecular formula is C17H17ClN4O. The summed E-state index contributed by atoms with van der Waals surface area (Å²) in [4.78, 5) is 8.80. The fourth-order valence-corrected chi connectivity index (χ4v) is 2.41. The average Bonchev–Trinajstić information content (AvgIpc) is 3.02. The first kappa shape index (κ1) is 15.5. The highest BCUT2D eigenvalue weighted by molar-refractivity contribution is 6.30. The van der Waals surface area contributed by atoms with Crippen LogP contribution in [0.25, 0.3) is 0 Å². The first-order valence-corrected chi connectivity index (χ1v) is 7.78. The highest BCUT2D eigenvalue weighted by Crippen LogP contribution is 2.27. The highest BCUT2D eigenvalue weighted by Gasteiger charge is 2.19. The van der Waals surface area contributed by atoms with E-state index in [1.54, 1.807) is 6.20 Å². The van der Waals surface area contributed by atoms with Gasteiger partial charge in [-0.05, 0) is 29.8 Å². The van der Waals surface area contributed by atoms with Gasteiger partial charge in [-0.2, -0.15) is 4.98 Å². The second-order valence-electron chi connectivity index (χ2n) is 5.50. The molecule has 3 aromatic rings. The van der Waals surface area contributed by atoms with Crippen molar-refractivity contribution in [3.8, 4) is 0 Å². The molecule has 1 unspecified atom stereocenters. The third kappa shape index (κ3) is 3.68. The number of pyridine rings is 1. The van der Waals surface area contributed by atoms with Gasteiger partial charge in [0, 0.05) is 17.1 Å². The molecule has 0 saturated carbocycles. The van der Waals surface area contributed by atoms with E-state index in [2.05, 4.69) is 20.4 Å². The summed E-state index contributed by atoms with van der Waals surface area (Å²) < 4.78 is 5.30. The van der Waals surface area contributed by atoms with Crippen molar-refractivity contribution in [1.82, 2.24) is 15.1 Å². The van der Waals surface area contributed by atoms with Crippen molar-refractivity contribution in [3.05, 3.63) is 70.8 Å². The number of rotatable bonds is 5. The largest absolute Gasteiger partial charge is 0.325 e. The van der Waals surface area contributed by atoms with E-state index in [4.69, 9.17) is 16.1 Å². The van der Waals surface area contributed by atoms with Crippen molar-refractivity contribution in [2.75, 3.05) is 5.32 Å². The molecule has 3 rings (SSSR count). The molecule has 1 N–H and O–H groups in total. The van der Waals surface area contributed by atoms with E-state index < -0.39 is 0 Å². The number of halogens is 1. The van der Waals surface area contributed by atoms with Crippen LogP contribution in [0.15, 0.2) is 53.2 Å². The van der Waals surface area contributed by atoms with Crippen LogP contribution in [0.4, 0.5) is 6.01 Å². The Morgan fingerprint density at radius 1 is 1.13 bits per heavy atom. The molecule has 5 nitrogen and oxygen atoms in total. The molecule has 2 heterocycles. The lowest BCUT2D eigenvalue weighted by Crippen LogP contribution is -2.14. The van der Waals surface area contributed by atoms with Crippen molar-refractivity contribution in [2.24, 2.45) is 0 Å². The number of aromatic nitrogens is 3. The Bertz CT molecular complexity index is 773. The molecule has 0 aliphatic carbocycles. The Balaban J connectivity index is 1.95. The third-order valence-electron chi connectivity index (χ3n) is 3.39. The molecule has 0 saturated heterocycles. The summed E-state index contributed by atoms with van der Waals surface area (Å²) in [6, 6.07) is 13.5. The van der Waals surface area contributed by atoms with E-state index in [9.17, 15) is 0 Å². The number of benzene rings is 1. The van der Waals surface area contributed by atoms with Crippen LogP contribution in [0.1, 0.15) is 42.9 Å². The highest BCUT2D eigenvalue weighted by atomic mass is 35.5. The Labute approximate surface area is 139 Å². The average molecular weight is 329 g/mol. The molecule has 23 heavy (non-hydrogen) atoms. The molecule has 1 atom stereocenters. The smallest absolute Gasteiger partial charge is 0.322 e. The van der Waals surface area contributed by atoms with Gasteiger partial charge in [-0.3, -0.25) is 4.98 Å². The zero-order chi connectivity index (χ0) is 16.2. The van der Waals surface area contributed by atoms with Crippen LogP contribution < -0.4 is 5.32 Å². The molecule has 118 valence electrons. The molecular weight excluding hydrogens is 312 g/mol. The van der Waals surface area contributed by atoms with Gasteiger partial charge in [0.05, 0.1) is 11.7 Å². The minimum absolute atomic E-state index is 0.203. The number of nitrogens with zero attached hydrogens (tertiary/aromatic N) is 3. The number of hydrogen-bond donors (Lipinski definition) is 1. The van der Waals surface area contributed by atoms with E-state index in [1.807, 2.05) is 56.3 Å². The van der Waals surface area contributed by atoms with Crippen LogP contribution in [0, 0.1) is 0 Å². The summed E-state index contributed by atoms with van der Waals surface area (Å²) in [7, 11) is 0. The van der Waals surface area contributed by atoms with Crippen LogP contribution in [-0.2, 0) is 0 Å². The number of nitrogens with one attached hydrogen (secondary N) is 1. The first-order valence-electron chi connectivity index (χ1n) is 7.40. The number of anilines is 1. The van der Waals surface area contributed by atoms with Gasteiger partial charge in [-0.1, -0.05) is 48.8 Å². The molecule has 0 radical (unpaired) electrons. The van der Waals surface area contributed by atoms with E-state index in [0.717, 1.165) is 11.3 Å². The Morgan fingerprint density at radius 3 is 2.65 bits per heavy atom. The van der Waals surface area contributed by atoms with Crippen LogP contribution in [0.5, 0.6) is 0 Å². The lowest BCUT2D eigenvalue weighted by Gasteiger charge is -2.17. The van der Waals surface area contributed by atoms with E-state index in [-0.39, 0.29) is 12.0 Å². The number of hydrogen-bond acceptors (Lipinski definition) is 5. The summed E-state index contributed by atoms with van der Waals surface area (Å²) in [5.74, 6) is 0.868. The zero-order valence-corrected chi connectivity index (χ0v) is 13.7. The molecule has 2 aromatic heterocycles. The van der Waals surface area contributed by atoms with Crippen molar-refractivity contribution in [1.29, 1.82) is 0 Å². The monoisotopic (exact) mass is 328 g/mol. The van der Waals surface area contributed by atoms with Crippen molar-refractivity contribution < 1.29 is 4.52 Å². The zero-order valence-electron chi connectivity index (χ0n) is 12.9. The van der Waals surface area contributed by atoms with Crippen molar-refractivity contribution in [2.45, 2.75) is 25.8 Å². The van der Waals surface area contributed by atoms with Gasteiger partial charge >= 0.3 is 6.01 Å². The summed E-state index contributed by atoms with van der Waals surface area (Å²) in [6.45, 7) is 4.03. The van der Waals surface area contributed by atoms with Gasteiger partial charge in [-0.25, -0.2) is 0 Å². The van der Waals surface area contributed by atoms with Crippen molar-refractivity contribution in [3.63, 3.8) is 0 Å². The van der Waals surface area contributed by atoms with Gasteiger partial charge in [0.2, 0.25) is 0 Å². The van der Waals surface area contributed by atoms with Gasteiger partial charge in [0.1, 0.15) is 0 Å². The molecule has 0 bridgehead atoms. The first-order chi connectivity index (χ1) is 11.1. The Hall–Kier alpha value is -2.40. The quantitative estimate of drug-likeness (QED) is 0.750. The predicted octanol–water partition coefficient (Wildman–Crippen LogP) is 4.44. The van der Waals surface area contributed by atoms with Crippen LogP contribution in [0.3, 0.4) is 0 Å². The molecule has 1 aromatic carbocycles. The Morgan fingerprint density at radius 2 is 2.00 bits per heavy atom. The summed E-state index contributed by atoms with van der Waals surface area (Å²) >= 11 is 6.13. The molecule has 0 fully saturated rings. The minimum atomic E-state index is -0.227. The predicted molar refractivity (Wildman–Crippen MR) is 89.5 cm³/mol. The standard InChI is InChI=1S/C17H17ClN4O/c1-11(2)16-21-17(23-22-16)20-15(14-8-3-4-9-19-14)12-6-5-7-13(18)10-12/h3-11,15H,1-2H3,(H,20,21,22). The lowest BCUT2D eigenvalue weighted by molar-refractivity contribution is 0.417. The maximum absolute atomic E-state index is 6.13. The molecule has 0 aliphatic rings. The van der Waals surface area contributed by atoms with E-state index >= 15 is 0 Å². The molecule has 0 aliphatic heterocycles. The second kappa shape index (κ2) is 6.79. The fraction of sp³-hybridized carbons (Fsp3) is 0.235. The summed E-state index contributed by atoms with van der Waals surface area (Å²) in [5, 5.41) is 7.90. The normalized spacial score (nSPS) is 12.3. The fourth-order valence-electron chi connectivity index (χ4n) is 2.21. The lowest BCUT2D eigenvalue weighted by atomic mass is 10.0. The van der Waals surface area contributed by atoms with Gasteiger partial charge in [0.15, 0.2) is 5.82 Å². The van der Waals surface area contributed by atoms with Gasteiger partial charge < -0.3 is 9.84 Å². The van der Waals surface area contributed by atoms with Crippen LogP contribution in [-0.4, -0.2) is 15.1 Å². The maximum Gasteiger partial charge on any atom is 0.322 e. The summed E-state index contributed by atoms with van der Waals surface area (Å²) in [6.07, 6.45) is 1.75.